The molecule has 15 heavy (non-hydrogen) atoms. The third-order valence-electron chi connectivity index (χ3n) is 2.17. The first-order valence-corrected chi connectivity index (χ1v) is 4.82. The number of carbonyl (C=O) groups is 1. The first-order chi connectivity index (χ1) is 7.10. The molecule has 0 saturated heterocycles. The van der Waals surface area contributed by atoms with Crippen LogP contribution in [-0.4, -0.2) is 19.6 Å². The topological polar surface area (TPSA) is 64.3 Å². The van der Waals surface area contributed by atoms with E-state index in [0.717, 1.165) is 17.8 Å². The van der Waals surface area contributed by atoms with E-state index in [9.17, 15) is 4.79 Å². The van der Waals surface area contributed by atoms with Crippen molar-refractivity contribution in [3.8, 4) is 0 Å². The number of hydrogen-bond donors (Lipinski definition) is 2. The van der Waals surface area contributed by atoms with Crippen LogP contribution in [0.3, 0.4) is 0 Å². The third kappa shape index (κ3) is 2.40. The van der Waals surface area contributed by atoms with Crippen LogP contribution in [0.4, 0.5) is 11.4 Å². The smallest absolute Gasteiger partial charge is 0.338 e. The number of nitrogen functional groups attached to an aromatic ring is 1. The van der Waals surface area contributed by atoms with E-state index in [0.29, 0.717) is 11.3 Å². The zero-order valence-corrected chi connectivity index (χ0v) is 9.26. The van der Waals surface area contributed by atoms with Crippen molar-refractivity contribution in [2.75, 3.05) is 24.7 Å². The van der Waals surface area contributed by atoms with E-state index in [1.807, 2.05) is 13.8 Å². The van der Waals surface area contributed by atoms with Crippen LogP contribution in [0.1, 0.15) is 22.8 Å². The Hall–Kier alpha value is -1.71. The molecule has 0 aromatic heterocycles. The van der Waals surface area contributed by atoms with E-state index in [-0.39, 0.29) is 5.97 Å². The van der Waals surface area contributed by atoms with Gasteiger partial charge in [-0.25, -0.2) is 4.79 Å². The average Bonchev–Trinajstić information content (AvgIpc) is 2.21. The molecular formula is C11H16N2O2. The van der Waals surface area contributed by atoms with Crippen LogP contribution in [0.25, 0.3) is 0 Å². The molecule has 0 fully saturated rings. The molecule has 82 valence electrons. The highest BCUT2D eigenvalue weighted by molar-refractivity contribution is 5.93. The second kappa shape index (κ2) is 4.68. The Morgan fingerprint density at radius 3 is 2.73 bits per heavy atom. The molecule has 0 aliphatic heterocycles. The molecule has 0 aliphatic carbocycles. The van der Waals surface area contributed by atoms with Gasteiger partial charge in [0.15, 0.2) is 0 Å². The molecule has 0 heterocycles. The Labute approximate surface area is 89.4 Å². The molecule has 0 amide bonds. The Morgan fingerprint density at radius 1 is 1.53 bits per heavy atom. The first-order valence-electron chi connectivity index (χ1n) is 4.82. The van der Waals surface area contributed by atoms with Crippen LogP contribution >= 0.6 is 0 Å². The summed E-state index contributed by atoms with van der Waals surface area (Å²) in [6.07, 6.45) is 0. The normalized spacial score (nSPS) is 9.80. The van der Waals surface area contributed by atoms with Gasteiger partial charge in [0.1, 0.15) is 0 Å². The fourth-order valence-electron chi connectivity index (χ4n) is 1.40. The van der Waals surface area contributed by atoms with Crippen molar-refractivity contribution in [3.05, 3.63) is 23.3 Å². The summed E-state index contributed by atoms with van der Waals surface area (Å²) in [6.45, 7) is 4.56. The number of aryl methyl sites for hydroxylation is 1. The summed E-state index contributed by atoms with van der Waals surface area (Å²) in [6, 6.07) is 3.49. The molecule has 0 spiro atoms. The molecule has 0 saturated carbocycles. The van der Waals surface area contributed by atoms with Gasteiger partial charge in [0.2, 0.25) is 0 Å². The lowest BCUT2D eigenvalue weighted by atomic mass is 10.1. The third-order valence-corrected chi connectivity index (χ3v) is 2.17. The van der Waals surface area contributed by atoms with Gasteiger partial charge in [0.25, 0.3) is 0 Å². The maximum Gasteiger partial charge on any atom is 0.338 e. The van der Waals surface area contributed by atoms with Crippen LogP contribution in [0.5, 0.6) is 0 Å². The van der Waals surface area contributed by atoms with Gasteiger partial charge in [-0.15, -0.1) is 0 Å². The highest BCUT2D eigenvalue weighted by Crippen LogP contribution is 2.23. The standard InChI is InChI=1S/C11H16N2O2/c1-4-13-10-6-8(11(14)15-3)7(2)5-9(10)12/h5-6,13H,4,12H2,1-3H3. The number of hydrogen-bond acceptors (Lipinski definition) is 4. The molecule has 0 unspecified atom stereocenters. The van der Waals surface area contributed by atoms with Gasteiger partial charge in [0.05, 0.1) is 24.0 Å². The lowest BCUT2D eigenvalue weighted by Crippen LogP contribution is -2.08. The summed E-state index contributed by atoms with van der Waals surface area (Å²) >= 11 is 0. The molecule has 3 N–H and O–H groups in total. The minimum Gasteiger partial charge on any atom is -0.465 e. The van der Waals surface area contributed by atoms with Gasteiger partial charge in [-0.2, -0.15) is 0 Å². The van der Waals surface area contributed by atoms with Crippen LogP contribution in [0, 0.1) is 6.92 Å². The molecule has 1 aromatic rings. The SMILES string of the molecule is CCNc1cc(C(=O)OC)c(C)cc1N. The average molecular weight is 208 g/mol. The molecule has 4 nitrogen and oxygen atoms in total. The summed E-state index contributed by atoms with van der Waals surface area (Å²) in [5.74, 6) is -0.341. The van der Waals surface area contributed by atoms with E-state index in [1.165, 1.54) is 7.11 Å². The first kappa shape index (κ1) is 11.4. The second-order valence-corrected chi connectivity index (χ2v) is 3.28. The predicted octanol–water partition coefficient (Wildman–Crippen LogP) is 1.80. The Bertz CT molecular complexity index is 375. The quantitative estimate of drug-likeness (QED) is 0.587. The monoisotopic (exact) mass is 208 g/mol. The Morgan fingerprint density at radius 2 is 2.20 bits per heavy atom. The van der Waals surface area contributed by atoms with Crippen molar-refractivity contribution in [2.45, 2.75) is 13.8 Å². The van der Waals surface area contributed by atoms with E-state index >= 15 is 0 Å². The van der Waals surface area contributed by atoms with Gasteiger partial charge in [-0.05, 0) is 31.5 Å². The number of methoxy groups -OCH3 is 1. The maximum absolute atomic E-state index is 11.4. The number of nitrogens with one attached hydrogen (secondary N) is 1. The van der Waals surface area contributed by atoms with E-state index in [2.05, 4.69) is 10.1 Å². The van der Waals surface area contributed by atoms with Crippen molar-refractivity contribution < 1.29 is 9.53 Å². The molecule has 1 rings (SSSR count). The number of rotatable bonds is 3. The Balaban J connectivity index is 3.17. The zero-order valence-electron chi connectivity index (χ0n) is 9.26. The van der Waals surface area contributed by atoms with Gasteiger partial charge in [-0.1, -0.05) is 0 Å². The highest BCUT2D eigenvalue weighted by Gasteiger charge is 2.11. The van der Waals surface area contributed by atoms with Gasteiger partial charge >= 0.3 is 5.97 Å². The fraction of sp³-hybridized carbons (Fsp3) is 0.364. The van der Waals surface area contributed by atoms with Crippen LogP contribution < -0.4 is 11.1 Å². The largest absolute Gasteiger partial charge is 0.465 e. The van der Waals surface area contributed by atoms with Crippen LogP contribution in [0.15, 0.2) is 12.1 Å². The molecule has 0 radical (unpaired) electrons. The highest BCUT2D eigenvalue weighted by atomic mass is 16.5. The maximum atomic E-state index is 11.4. The lowest BCUT2D eigenvalue weighted by Gasteiger charge is -2.11. The molecular weight excluding hydrogens is 192 g/mol. The fourth-order valence-corrected chi connectivity index (χ4v) is 1.40. The number of anilines is 2. The summed E-state index contributed by atoms with van der Waals surface area (Å²) < 4.78 is 4.68. The van der Waals surface area contributed by atoms with Crippen LogP contribution in [-0.2, 0) is 4.74 Å². The minimum atomic E-state index is -0.341. The van der Waals surface area contributed by atoms with Crippen LogP contribution in [0.2, 0.25) is 0 Å². The molecule has 0 bridgehead atoms. The number of ether oxygens (including phenoxy) is 1. The van der Waals surface area contributed by atoms with E-state index < -0.39 is 0 Å². The number of benzene rings is 1. The number of nitrogens with two attached hydrogens (primary N) is 1. The van der Waals surface area contributed by atoms with E-state index in [1.54, 1.807) is 12.1 Å². The van der Waals surface area contributed by atoms with Crippen molar-refractivity contribution >= 4 is 17.3 Å². The number of esters is 1. The summed E-state index contributed by atoms with van der Waals surface area (Å²) in [7, 11) is 1.37. The zero-order chi connectivity index (χ0) is 11.4. The minimum absolute atomic E-state index is 0.341. The van der Waals surface area contributed by atoms with Gasteiger partial charge in [-0.3, -0.25) is 0 Å². The molecule has 0 aliphatic rings. The van der Waals surface area contributed by atoms with Crippen molar-refractivity contribution in [1.82, 2.24) is 0 Å². The summed E-state index contributed by atoms with van der Waals surface area (Å²) in [5, 5.41) is 3.09. The lowest BCUT2D eigenvalue weighted by molar-refractivity contribution is 0.0600. The van der Waals surface area contributed by atoms with Gasteiger partial charge < -0.3 is 15.8 Å². The molecule has 4 heteroatoms. The Kier molecular flexibility index (Phi) is 3.55. The van der Waals surface area contributed by atoms with Crippen molar-refractivity contribution in [2.24, 2.45) is 0 Å². The van der Waals surface area contributed by atoms with E-state index in [4.69, 9.17) is 5.73 Å². The molecule has 0 atom stereocenters. The second-order valence-electron chi connectivity index (χ2n) is 3.28. The summed E-state index contributed by atoms with van der Waals surface area (Å²) in [5.41, 5.74) is 8.58. The number of carbonyl (C=O) groups excluding carboxylic acids is 1. The van der Waals surface area contributed by atoms with Crippen molar-refractivity contribution in [1.29, 1.82) is 0 Å². The molecule has 1 aromatic carbocycles. The van der Waals surface area contributed by atoms with Gasteiger partial charge in [0, 0.05) is 6.54 Å². The summed E-state index contributed by atoms with van der Waals surface area (Å²) in [4.78, 5) is 11.4. The predicted molar refractivity (Wildman–Crippen MR) is 61.1 cm³/mol. The van der Waals surface area contributed by atoms with Crippen molar-refractivity contribution in [3.63, 3.8) is 0 Å².